The minimum atomic E-state index is -0.453. The molecular weight excluding hydrogens is 363 g/mol. The van der Waals surface area contributed by atoms with Crippen LogP contribution in [0.25, 0.3) is 0 Å². The maximum atomic E-state index is 13.1. The van der Waals surface area contributed by atoms with Crippen molar-refractivity contribution in [1.29, 1.82) is 0 Å². The lowest BCUT2D eigenvalue weighted by Gasteiger charge is -2.20. The highest BCUT2D eigenvalue weighted by atomic mass is 35.5. The number of quaternary nitrogens is 1. The van der Waals surface area contributed by atoms with E-state index in [-0.39, 0.29) is 17.8 Å². The fourth-order valence-electron chi connectivity index (χ4n) is 2.95. The van der Waals surface area contributed by atoms with Crippen LogP contribution in [0, 0.1) is 5.82 Å². The van der Waals surface area contributed by atoms with E-state index in [0.29, 0.717) is 10.7 Å². The van der Waals surface area contributed by atoms with E-state index in [2.05, 4.69) is 5.32 Å². The quantitative estimate of drug-likeness (QED) is 0.647. The number of nitrogens with two attached hydrogens (primary N) is 1. The van der Waals surface area contributed by atoms with Crippen molar-refractivity contribution < 1.29 is 14.5 Å². The van der Waals surface area contributed by atoms with Gasteiger partial charge in [0.2, 0.25) is 0 Å². The topological polar surface area (TPSA) is 45.7 Å². The summed E-state index contributed by atoms with van der Waals surface area (Å²) in [4.78, 5) is 13.0. The number of hydrogen-bond donors (Lipinski definition) is 2. The van der Waals surface area contributed by atoms with Gasteiger partial charge in [-0.05, 0) is 43.3 Å². The van der Waals surface area contributed by atoms with Crippen LogP contribution < -0.4 is 10.6 Å². The number of benzene rings is 3. The first-order chi connectivity index (χ1) is 13.0. The van der Waals surface area contributed by atoms with Crippen LogP contribution >= 0.6 is 11.6 Å². The molecule has 0 aliphatic carbocycles. The van der Waals surface area contributed by atoms with Gasteiger partial charge >= 0.3 is 0 Å². The minimum absolute atomic E-state index is 0.0212. The van der Waals surface area contributed by atoms with Gasteiger partial charge in [0.25, 0.3) is 5.91 Å². The summed E-state index contributed by atoms with van der Waals surface area (Å²) < 4.78 is 13.1. The lowest BCUT2D eigenvalue weighted by molar-refractivity contribution is -0.718. The number of rotatable bonds is 6. The van der Waals surface area contributed by atoms with Gasteiger partial charge in [-0.2, -0.15) is 0 Å². The lowest BCUT2D eigenvalue weighted by Crippen LogP contribution is -2.87. The summed E-state index contributed by atoms with van der Waals surface area (Å²) in [6.07, 6.45) is 0. The molecule has 0 saturated carbocycles. The van der Waals surface area contributed by atoms with Crippen molar-refractivity contribution >= 4 is 23.2 Å². The van der Waals surface area contributed by atoms with Crippen LogP contribution in [-0.4, -0.2) is 5.91 Å². The Labute approximate surface area is 163 Å². The Kier molecular flexibility index (Phi) is 6.22. The second kappa shape index (κ2) is 8.80. The Morgan fingerprint density at radius 1 is 0.963 bits per heavy atom. The molecule has 0 radical (unpaired) electrons. The van der Waals surface area contributed by atoms with Crippen LogP contribution in [0.2, 0.25) is 5.02 Å². The molecule has 0 aromatic heterocycles. The molecule has 0 spiro atoms. The molecule has 0 aliphatic rings. The summed E-state index contributed by atoms with van der Waals surface area (Å²) in [5.74, 6) is -0.504. The summed E-state index contributed by atoms with van der Waals surface area (Å²) in [5.41, 5.74) is 2.50. The molecule has 27 heavy (non-hydrogen) atoms. The molecule has 3 nitrogen and oxygen atoms in total. The predicted octanol–water partition coefficient (Wildman–Crippen LogP) is 4.48. The fourth-order valence-corrected chi connectivity index (χ4v) is 3.15. The lowest BCUT2D eigenvalue weighted by atomic mass is 10.0. The highest BCUT2D eigenvalue weighted by Crippen LogP contribution is 2.18. The minimum Gasteiger partial charge on any atom is -0.326 e. The number of halogens is 2. The standard InChI is InChI=1S/C22H20ClFN2O/c1-15(17-8-5-9-18(23)14-17)25-21(16-6-3-2-4-7-16)22(27)26-20-12-10-19(24)11-13-20/h2-15,21,25H,1H3,(H,26,27)/p+1/t15-,21+/m0/s1. The van der Waals surface area contributed by atoms with Gasteiger partial charge in [-0.15, -0.1) is 0 Å². The Morgan fingerprint density at radius 2 is 1.63 bits per heavy atom. The van der Waals surface area contributed by atoms with Crippen molar-refractivity contribution in [2.24, 2.45) is 0 Å². The van der Waals surface area contributed by atoms with Gasteiger partial charge in [0.1, 0.15) is 11.9 Å². The summed E-state index contributed by atoms with van der Waals surface area (Å²) in [6, 6.07) is 22.5. The van der Waals surface area contributed by atoms with Gasteiger partial charge in [0.05, 0.1) is 0 Å². The van der Waals surface area contributed by atoms with E-state index in [1.54, 1.807) is 12.1 Å². The third kappa shape index (κ3) is 5.16. The van der Waals surface area contributed by atoms with Gasteiger partial charge in [-0.3, -0.25) is 4.79 Å². The molecular formula is C22H21ClFN2O+. The van der Waals surface area contributed by atoms with E-state index in [1.807, 2.05) is 66.8 Å². The Bertz CT molecular complexity index is 900. The predicted molar refractivity (Wildman–Crippen MR) is 106 cm³/mol. The first-order valence-electron chi connectivity index (χ1n) is 8.75. The maximum Gasteiger partial charge on any atom is 0.287 e. The molecule has 2 atom stereocenters. The van der Waals surface area contributed by atoms with Crippen molar-refractivity contribution in [1.82, 2.24) is 0 Å². The van der Waals surface area contributed by atoms with Crippen molar-refractivity contribution in [2.45, 2.75) is 19.0 Å². The smallest absolute Gasteiger partial charge is 0.287 e. The molecule has 0 aliphatic heterocycles. The average molecular weight is 384 g/mol. The third-order valence-electron chi connectivity index (χ3n) is 4.41. The molecule has 3 aromatic rings. The van der Waals surface area contributed by atoms with Crippen LogP contribution in [0.5, 0.6) is 0 Å². The molecule has 0 bridgehead atoms. The number of anilines is 1. The zero-order chi connectivity index (χ0) is 19.2. The molecule has 0 saturated heterocycles. The van der Waals surface area contributed by atoms with Crippen LogP contribution in [0.3, 0.4) is 0 Å². The Balaban J connectivity index is 1.82. The molecule has 0 unspecified atom stereocenters. The molecule has 0 fully saturated rings. The summed E-state index contributed by atoms with van der Waals surface area (Å²) in [5, 5.41) is 5.54. The van der Waals surface area contributed by atoms with Gasteiger partial charge in [0.15, 0.2) is 6.04 Å². The van der Waals surface area contributed by atoms with E-state index in [1.165, 1.54) is 12.1 Å². The maximum absolute atomic E-state index is 13.1. The third-order valence-corrected chi connectivity index (χ3v) is 4.64. The zero-order valence-electron chi connectivity index (χ0n) is 14.9. The van der Waals surface area contributed by atoms with Crippen molar-refractivity contribution in [2.75, 3.05) is 5.32 Å². The highest BCUT2D eigenvalue weighted by Gasteiger charge is 2.27. The number of carbonyl (C=O) groups excluding carboxylic acids is 1. The van der Waals surface area contributed by atoms with E-state index in [9.17, 15) is 9.18 Å². The molecule has 0 heterocycles. The van der Waals surface area contributed by atoms with E-state index < -0.39 is 6.04 Å². The van der Waals surface area contributed by atoms with E-state index in [0.717, 1.165) is 11.1 Å². The SMILES string of the molecule is C[C@H]([NH2+][C@@H](C(=O)Nc1ccc(F)cc1)c1ccccc1)c1cccc(Cl)c1. The van der Waals surface area contributed by atoms with Gasteiger partial charge < -0.3 is 10.6 Å². The average Bonchev–Trinajstić information content (AvgIpc) is 2.68. The fraction of sp³-hybridized carbons (Fsp3) is 0.136. The number of hydrogen-bond acceptors (Lipinski definition) is 1. The number of amides is 1. The first kappa shape index (κ1) is 19.1. The summed E-state index contributed by atoms with van der Waals surface area (Å²) in [6.45, 7) is 2.03. The van der Waals surface area contributed by atoms with Crippen LogP contribution in [0.4, 0.5) is 10.1 Å². The van der Waals surface area contributed by atoms with Gasteiger partial charge in [-0.25, -0.2) is 4.39 Å². The second-order valence-electron chi connectivity index (χ2n) is 6.42. The zero-order valence-corrected chi connectivity index (χ0v) is 15.7. The molecule has 3 rings (SSSR count). The monoisotopic (exact) mass is 383 g/mol. The molecule has 5 heteroatoms. The van der Waals surface area contributed by atoms with E-state index in [4.69, 9.17) is 11.6 Å². The van der Waals surface area contributed by atoms with Crippen LogP contribution in [0.1, 0.15) is 30.1 Å². The first-order valence-corrected chi connectivity index (χ1v) is 9.12. The van der Waals surface area contributed by atoms with Gasteiger partial charge in [-0.1, -0.05) is 54.1 Å². The molecule has 3 N–H and O–H groups in total. The van der Waals surface area contributed by atoms with Crippen LogP contribution in [0.15, 0.2) is 78.9 Å². The highest BCUT2D eigenvalue weighted by molar-refractivity contribution is 6.30. The number of carbonyl (C=O) groups is 1. The largest absolute Gasteiger partial charge is 0.326 e. The molecule has 138 valence electrons. The van der Waals surface area contributed by atoms with Gasteiger partial charge in [0, 0.05) is 21.8 Å². The number of nitrogens with one attached hydrogen (secondary N) is 1. The van der Waals surface area contributed by atoms with Crippen molar-refractivity contribution in [3.8, 4) is 0 Å². The summed E-state index contributed by atoms with van der Waals surface area (Å²) >= 11 is 6.10. The van der Waals surface area contributed by atoms with Crippen molar-refractivity contribution in [3.05, 3.63) is 101 Å². The molecule has 1 amide bonds. The Hall–Kier alpha value is -2.69. The normalized spacial score (nSPS) is 13.0. The molecule has 3 aromatic carbocycles. The second-order valence-corrected chi connectivity index (χ2v) is 6.86. The van der Waals surface area contributed by atoms with Crippen LogP contribution in [-0.2, 0) is 4.79 Å². The Morgan fingerprint density at radius 3 is 2.30 bits per heavy atom. The van der Waals surface area contributed by atoms with Crippen molar-refractivity contribution in [3.63, 3.8) is 0 Å². The van der Waals surface area contributed by atoms with E-state index >= 15 is 0 Å². The summed E-state index contributed by atoms with van der Waals surface area (Å²) in [7, 11) is 0.